The molecule has 3 rings (SSSR count). The predicted octanol–water partition coefficient (Wildman–Crippen LogP) is 2.53. The molecule has 1 aliphatic rings. The van der Waals surface area contributed by atoms with E-state index in [0.29, 0.717) is 17.2 Å². The van der Waals surface area contributed by atoms with E-state index in [4.69, 9.17) is 0 Å². The molecule has 1 heterocycles. The molecule has 1 aromatic heterocycles. The number of aliphatic hydroxyl groups is 1. The average molecular weight is 257 g/mol. The second kappa shape index (κ2) is 4.55. The fourth-order valence-corrected chi connectivity index (χ4v) is 2.31. The second-order valence-electron chi connectivity index (χ2n) is 4.88. The van der Waals surface area contributed by atoms with Crippen molar-refractivity contribution in [2.45, 2.75) is 25.4 Å². The highest BCUT2D eigenvalue weighted by Gasteiger charge is 2.28. The minimum Gasteiger partial charge on any atom is -0.504 e. The number of phenols is 2. The molecule has 1 aromatic carbocycles. The minimum atomic E-state index is -0.131. The van der Waals surface area contributed by atoms with Crippen LogP contribution in [0.5, 0.6) is 11.5 Å². The molecule has 1 aliphatic carbocycles. The zero-order valence-corrected chi connectivity index (χ0v) is 10.4. The summed E-state index contributed by atoms with van der Waals surface area (Å²) in [5.74, 6) is 0.161. The van der Waals surface area contributed by atoms with Gasteiger partial charge >= 0.3 is 0 Å². The summed E-state index contributed by atoms with van der Waals surface area (Å²) >= 11 is 0. The third-order valence-electron chi connectivity index (χ3n) is 3.47. The highest BCUT2D eigenvalue weighted by molar-refractivity contribution is 5.69. The summed E-state index contributed by atoms with van der Waals surface area (Å²) in [6.45, 7) is -0.108. The van der Waals surface area contributed by atoms with Crippen molar-refractivity contribution in [2.75, 3.05) is 0 Å². The van der Waals surface area contributed by atoms with E-state index >= 15 is 0 Å². The molecule has 0 amide bonds. The number of hydrogen-bond acceptors (Lipinski definition) is 4. The van der Waals surface area contributed by atoms with Crippen LogP contribution in [-0.2, 0) is 6.61 Å². The number of hydrogen-bond donors (Lipinski definition) is 3. The van der Waals surface area contributed by atoms with Gasteiger partial charge in [-0.1, -0.05) is 6.07 Å². The van der Waals surface area contributed by atoms with Crippen molar-refractivity contribution < 1.29 is 15.3 Å². The van der Waals surface area contributed by atoms with Crippen LogP contribution in [0.2, 0.25) is 0 Å². The Bertz CT molecular complexity index is 621. The molecule has 0 aliphatic heterocycles. The SMILES string of the molecule is OCc1cccnc1-c1cc(O)c(O)c(C2CC2)c1. The average Bonchev–Trinajstić information content (AvgIpc) is 3.26. The Morgan fingerprint density at radius 2 is 2.00 bits per heavy atom. The summed E-state index contributed by atoms with van der Waals surface area (Å²) in [5.41, 5.74) is 2.84. The first-order valence-electron chi connectivity index (χ1n) is 6.31. The lowest BCUT2D eigenvalue weighted by atomic mass is 10.00. The van der Waals surface area contributed by atoms with E-state index < -0.39 is 0 Å². The van der Waals surface area contributed by atoms with Crippen molar-refractivity contribution in [2.24, 2.45) is 0 Å². The van der Waals surface area contributed by atoms with Crippen LogP contribution in [0.4, 0.5) is 0 Å². The lowest BCUT2D eigenvalue weighted by Crippen LogP contribution is -1.94. The molecule has 1 fully saturated rings. The van der Waals surface area contributed by atoms with Gasteiger partial charge in [-0.3, -0.25) is 4.98 Å². The van der Waals surface area contributed by atoms with Gasteiger partial charge in [0.1, 0.15) is 0 Å². The lowest BCUT2D eigenvalue weighted by Gasteiger charge is -2.11. The topological polar surface area (TPSA) is 73.6 Å². The largest absolute Gasteiger partial charge is 0.504 e. The number of nitrogens with zero attached hydrogens (tertiary/aromatic N) is 1. The van der Waals surface area contributed by atoms with Gasteiger partial charge in [-0.15, -0.1) is 0 Å². The Morgan fingerprint density at radius 1 is 1.21 bits per heavy atom. The summed E-state index contributed by atoms with van der Waals surface area (Å²) in [5, 5.41) is 29.1. The Hall–Kier alpha value is -2.07. The maximum absolute atomic E-state index is 9.89. The van der Waals surface area contributed by atoms with Crippen LogP contribution >= 0.6 is 0 Å². The number of aliphatic hydroxyl groups excluding tert-OH is 1. The van der Waals surface area contributed by atoms with Gasteiger partial charge in [-0.25, -0.2) is 0 Å². The number of benzene rings is 1. The molecule has 4 nitrogen and oxygen atoms in total. The van der Waals surface area contributed by atoms with Crippen molar-refractivity contribution in [3.63, 3.8) is 0 Å². The summed E-state index contributed by atoms with van der Waals surface area (Å²) in [7, 11) is 0. The normalized spacial score (nSPS) is 14.6. The van der Waals surface area contributed by atoms with E-state index in [1.165, 1.54) is 6.07 Å². The van der Waals surface area contributed by atoms with Crippen LogP contribution in [0.1, 0.15) is 29.9 Å². The van der Waals surface area contributed by atoms with E-state index in [1.54, 1.807) is 18.3 Å². The fourth-order valence-electron chi connectivity index (χ4n) is 2.31. The second-order valence-corrected chi connectivity index (χ2v) is 4.88. The van der Waals surface area contributed by atoms with Crippen molar-refractivity contribution in [3.8, 4) is 22.8 Å². The maximum Gasteiger partial charge on any atom is 0.160 e. The summed E-state index contributed by atoms with van der Waals surface area (Å²) in [6.07, 6.45) is 3.71. The standard InChI is InChI=1S/C15H15NO3/c17-8-10-2-1-5-16-14(10)11-6-12(9-3-4-9)15(19)13(18)7-11/h1-2,5-7,9,17-19H,3-4,8H2. The monoisotopic (exact) mass is 257 g/mol. The van der Waals surface area contributed by atoms with Gasteiger partial charge in [0, 0.05) is 22.9 Å². The Morgan fingerprint density at radius 3 is 2.68 bits per heavy atom. The van der Waals surface area contributed by atoms with E-state index in [1.807, 2.05) is 6.07 Å². The number of rotatable bonds is 3. The first kappa shape index (κ1) is 12.0. The van der Waals surface area contributed by atoms with Crippen LogP contribution in [0.15, 0.2) is 30.5 Å². The van der Waals surface area contributed by atoms with Gasteiger partial charge < -0.3 is 15.3 Å². The van der Waals surface area contributed by atoms with E-state index in [9.17, 15) is 15.3 Å². The van der Waals surface area contributed by atoms with Crippen LogP contribution < -0.4 is 0 Å². The van der Waals surface area contributed by atoms with Crippen molar-refractivity contribution in [1.82, 2.24) is 4.98 Å². The Kier molecular flexibility index (Phi) is 2.87. The number of pyridine rings is 1. The van der Waals surface area contributed by atoms with Gasteiger partial charge in [0.05, 0.1) is 12.3 Å². The van der Waals surface area contributed by atoms with E-state index in [0.717, 1.165) is 24.0 Å². The third kappa shape index (κ3) is 2.15. The van der Waals surface area contributed by atoms with Gasteiger partial charge in [-0.05, 0) is 37.0 Å². The number of aromatic nitrogens is 1. The molecule has 0 unspecified atom stereocenters. The van der Waals surface area contributed by atoms with Crippen LogP contribution in [0, 0.1) is 0 Å². The van der Waals surface area contributed by atoms with Gasteiger partial charge in [0.15, 0.2) is 11.5 Å². The molecule has 0 bridgehead atoms. The van der Waals surface area contributed by atoms with Crippen molar-refractivity contribution in [1.29, 1.82) is 0 Å². The highest BCUT2D eigenvalue weighted by Crippen LogP contribution is 2.48. The minimum absolute atomic E-state index is 0.0345. The molecule has 2 aromatic rings. The fraction of sp³-hybridized carbons (Fsp3) is 0.267. The molecule has 0 atom stereocenters. The number of phenolic OH excluding ortho intramolecular Hbond substituents is 2. The molecule has 1 saturated carbocycles. The van der Waals surface area contributed by atoms with Crippen molar-refractivity contribution in [3.05, 3.63) is 41.6 Å². The Balaban J connectivity index is 2.14. The molecule has 0 spiro atoms. The van der Waals surface area contributed by atoms with Gasteiger partial charge in [0.2, 0.25) is 0 Å². The molecular weight excluding hydrogens is 242 g/mol. The zero-order valence-electron chi connectivity index (χ0n) is 10.4. The first-order chi connectivity index (χ1) is 9.20. The molecule has 98 valence electrons. The van der Waals surface area contributed by atoms with Crippen LogP contribution in [0.3, 0.4) is 0 Å². The predicted molar refractivity (Wildman–Crippen MR) is 70.9 cm³/mol. The number of aromatic hydroxyl groups is 2. The first-order valence-corrected chi connectivity index (χ1v) is 6.31. The molecular formula is C15H15NO3. The zero-order chi connectivity index (χ0) is 13.4. The lowest BCUT2D eigenvalue weighted by molar-refractivity contribution is 0.282. The molecule has 4 heteroatoms. The third-order valence-corrected chi connectivity index (χ3v) is 3.47. The van der Waals surface area contributed by atoms with Crippen LogP contribution in [0.25, 0.3) is 11.3 Å². The Labute approximate surface area is 111 Å². The summed E-state index contributed by atoms with van der Waals surface area (Å²) < 4.78 is 0. The summed E-state index contributed by atoms with van der Waals surface area (Å²) in [6, 6.07) is 6.90. The molecule has 0 radical (unpaired) electrons. The van der Waals surface area contributed by atoms with Crippen molar-refractivity contribution >= 4 is 0 Å². The molecule has 19 heavy (non-hydrogen) atoms. The van der Waals surface area contributed by atoms with Crippen LogP contribution in [-0.4, -0.2) is 20.3 Å². The van der Waals surface area contributed by atoms with E-state index in [-0.39, 0.29) is 18.1 Å². The quantitative estimate of drug-likeness (QED) is 0.739. The van der Waals surface area contributed by atoms with Gasteiger partial charge in [0.25, 0.3) is 0 Å². The highest BCUT2D eigenvalue weighted by atomic mass is 16.3. The van der Waals surface area contributed by atoms with E-state index in [2.05, 4.69) is 4.98 Å². The summed E-state index contributed by atoms with van der Waals surface area (Å²) in [4.78, 5) is 4.26. The molecule has 0 saturated heterocycles. The smallest absolute Gasteiger partial charge is 0.160 e. The molecule has 3 N–H and O–H groups in total. The maximum atomic E-state index is 9.89. The van der Waals surface area contributed by atoms with Gasteiger partial charge in [-0.2, -0.15) is 0 Å².